The Hall–Kier alpha value is -3.28. The average Bonchev–Trinajstić information content (AvgIpc) is 2.84. The number of sulfone groups is 1. The van der Waals surface area contributed by atoms with Crippen molar-refractivity contribution in [1.82, 2.24) is 4.31 Å². The zero-order valence-corrected chi connectivity index (χ0v) is 22.3. The fourth-order valence-electron chi connectivity index (χ4n) is 3.81. The summed E-state index contributed by atoms with van der Waals surface area (Å²) in [6.45, 7) is 4.08. The van der Waals surface area contributed by atoms with Crippen molar-refractivity contribution in [3.05, 3.63) is 66.2 Å². The zero-order valence-electron chi connectivity index (χ0n) is 20.7. The highest BCUT2D eigenvalue weighted by Gasteiger charge is 2.27. The molecule has 3 aromatic carbocycles. The van der Waals surface area contributed by atoms with E-state index in [-0.39, 0.29) is 51.4 Å². The molecule has 0 aliphatic carbocycles. The first kappa shape index (κ1) is 27.3. The number of benzene rings is 3. The number of sulfonamides is 1. The number of anilines is 3. The third kappa shape index (κ3) is 5.75. The molecule has 9 nitrogen and oxygen atoms in total. The van der Waals surface area contributed by atoms with E-state index >= 15 is 0 Å². The van der Waals surface area contributed by atoms with E-state index in [2.05, 4.69) is 5.32 Å². The molecule has 0 atom stereocenters. The second-order valence-corrected chi connectivity index (χ2v) is 11.8. The molecule has 11 heteroatoms. The molecule has 0 radical (unpaired) electrons. The molecule has 0 aromatic heterocycles. The van der Waals surface area contributed by atoms with Gasteiger partial charge in [-0.1, -0.05) is 44.2 Å². The van der Waals surface area contributed by atoms with Gasteiger partial charge in [0.15, 0.2) is 15.6 Å². The van der Waals surface area contributed by atoms with Crippen LogP contribution in [0, 0.1) is 0 Å². The van der Waals surface area contributed by atoms with Crippen LogP contribution in [0.2, 0.25) is 0 Å². The third-order valence-corrected chi connectivity index (χ3v) is 9.41. The molecule has 0 bridgehead atoms. The van der Waals surface area contributed by atoms with E-state index in [1.807, 2.05) is 6.07 Å². The van der Waals surface area contributed by atoms with Crippen molar-refractivity contribution < 1.29 is 26.3 Å². The number of methoxy groups -OCH3 is 2. The van der Waals surface area contributed by atoms with Crippen molar-refractivity contribution in [2.45, 2.75) is 29.4 Å². The van der Waals surface area contributed by atoms with Crippen molar-refractivity contribution in [3.8, 4) is 11.5 Å². The van der Waals surface area contributed by atoms with Crippen LogP contribution in [0.1, 0.15) is 19.4 Å². The van der Waals surface area contributed by atoms with Crippen molar-refractivity contribution in [2.24, 2.45) is 0 Å². The molecule has 0 unspecified atom stereocenters. The van der Waals surface area contributed by atoms with Crippen molar-refractivity contribution in [2.75, 3.05) is 38.4 Å². The molecule has 3 rings (SSSR count). The van der Waals surface area contributed by atoms with E-state index in [9.17, 15) is 16.8 Å². The topological polar surface area (TPSA) is 128 Å². The molecule has 0 saturated heterocycles. The number of ether oxygens (including phenoxy) is 2. The molecule has 0 aliphatic heterocycles. The van der Waals surface area contributed by atoms with Crippen LogP contribution in [0.4, 0.5) is 17.1 Å². The number of nitrogens with one attached hydrogen (secondary N) is 1. The summed E-state index contributed by atoms with van der Waals surface area (Å²) in [6.07, 6.45) is 0. The summed E-state index contributed by atoms with van der Waals surface area (Å²) in [7, 11) is -4.77. The minimum absolute atomic E-state index is 0.00479. The van der Waals surface area contributed by atoms with Crippen LogP contribution in [-0.2, 0) is 25.6 Å². The zero-order chi connectivity index (χ0) is 26.5. The molecule has 0 heterocycles. The molecular weight excluding hydrogens is 502 g/mol. The summed E-state index contributed by atoms with van der Waals surface area (Å²) in [5.74, 6) is 0.373. The lowest BCUT2D eigenvalue weighted by atomic mass is 10.2. The predicted octanol–water partition coefficient (Wildman–Crippen LogP) is 4.03. The van der Waals surface area contributed by atoms with Crippen LogP contribution in [0.15, 0.2) is 70.5 Å². The molecule has 3 N–H and O–H groups in total. The highest BCUT2D eigenvalue weighted by Crippen LogP contribution is 2.39. The van der Waals surface area contributed by atoms with Crippen LogP contribution >= 0.6 is 0 Å². The third-order valence-electron chi connectivity index (χ3n) is 5.63. The molecular formula is C25H31N3O6S2. The van der Waals surface area contributed by atoms with Gasteiger partial charge < -0.3 is 20.5 Å². The van der Waals surface area contributed by atoms with Crippen LogP contribution in [0.5, 0.6) is 11.5 Å². The largest absolute Gasteiger partial charge is 0.497 e. The average molecular weight is 534 g/mol. The maximum Gasteiger partial charge on any atom is 0.245 e. The van der Waals surface area contributed by atoms with Crippen LogP contribution in [0.3, 0.4) is 0 Å². The van der Waals surface area contributed by atoms with Gasteiger partial charge in [0.2, 0.25) is 10.0 Å². The van der Waals surface area contributed by atoms with Gasteiger partial charge in [-0.2, -0.15) is 4.31 Å². The number of nitrogen functional groups attached to an aromatic ring is 1. The van der Waals surface area contributed by atoms with Crippen molar-refractivity contribution in [3.63, 3.8) is 0 Å². The monoisotopic (exact) mass is 533 g/mol. The van der Waals surface area contributed by atoms with Gasteiger partial charge in [-0.25, -0.2) is 16.8 Å². The van der Waals surface area contributed by atoms with Gasteiger partial charge >= 0.3 is 0 Å². The van der Waals surface area contributed by atoms with Gasteiger partial charge in [0.25, 0.3) is 0 Å². The van der Waals surface area contributed by atoms with Crippen molar-refractivity contribution in [1.29, 1.82) is 0 Å². The Morgan fingerprint density at radius 3 is 2.11 bits per heavy atom. The minimum Gasteiger partial charge on any atom is -0.497 e. The summed E-state index contributed by atoms with van der Waals surface area (Å²) in [4.78, 5) is -0.0200. The summed E-state index contributed by atoms with van der Waals surface area (Å²) in [5.41, 5.74) is 7.28. The highest BCUT2D eigenvalue weighted by molar-refractivity contribution is 7.90. The Morgan fingerprint density at radius 1 is 0.861 bits per heavy atom. The van der Waals surface area contributed by atoms with Crippen LogP contribution in [0.25, 0.3) is 0 Å². The Morgan fingerprint density at radius 2 is 1.53 bits per heavy atom. The lowest BCUT2D eigenvalue weighted by molar-refractivity contribution is 0.414. The normalized spacial score (nSPS) is 11.9. The summed E-state index contributed by atoms with van der Waals surface area (Å²) in [6, 6.07) is 16.0. The van der Waals surface area contributed by atoms with E-state index in [1.165, 1.54) is 42.8 Å². The molecule has 0 fully saturated rings. The van der Waals surface area contributed by atoms with Gasteiger partial charge in [-0.05, 0) is 29.8 Å². The van der Waals surface area contributed by atoms with Crippen molar-refractivity contribution >= 4 is 36.9 Å². The molecule has 0 spiro atoms. The quantitative estimate of drug-likeness (QED) is 0.354. The molecule has 0 amide bonds. The lowest BCUT2D eigenvalue weighted by Gasteiger charge is -2.22. The first-order valence-corrected chi connectivity index (χ1v) is 14.4. The smallest absolute Gasteiger partial charge is 0.245 e. The molecule has 3 aromatic rings. The lowest BCUT2D eigenvalue weighted by Crippen LogP contribution is -2.31. The fraction of sp³-hybridized carbons (Fsp3) is 0.280. The van der Waals surface area contributed by atoms with Crippen LogP contribution < -0.4 is 20.5 Å². The second-order valence-electron chi connectivity index (χ2n) is 7.91. The molecule has 36 heavy (non-hydrogen) atoms. The summed E-state index contributed by atoms with van der Waals surface area (Å²) < 4.78 is 65.2. The van der Waals surface area contributed by atoms with Gasteiger partial charge in [0.05, 0.1) is 41.9 Å². The number of hydrogen-bond donors (Lipinski definition) is 2. The standard InChI is InChI=1S/C25H31N3O6S2/c1-5-28(6-2)36(31,32)24-13-12-19(33-3)14-22(24)27-23-16-20(15-21(26)25(23)34-4)35(29,30)17-18-10-8-7-9-11-18/h7-16,27H,5-6,17,26H2,1-4H3. The Kier molecular flexibility index (Phi) is 8.49. The van der Waals surface area contributed by atoms with E-state index in [1.54, 1.807) is 44.2 Å². The SMILES string of the molecule is CCN(CC)S(=O)(=O)c1ccc(OC)cc1Nc1cc(S(=O)(=O)Cc2ccccc2)cc(N)c1OC. The van der Waals surface area contributed by atoms with Gasteiger partial charge in [-0.3, -0.25) is 0 Å². The fourth-order valence-corrected chi connectivity index (χ4v) is 6.80. The molecule has 194 valence electrons. The summed E-state index contributed by atoms with van der Waals surface area (Å²) >= 11 is 0. The number of hydrogen-bond acceptors (Lipinski definition) is 8. The van der Waals surface area contributed by atoms with E-state index in [0.29, 0.717) is 11.3 Å². The van der Waals surface area contributed by atoms with E-state index in [0.717, 1.165) is 0 Å². The van der Waals surface area contributed by atoms with E-state index < -0.39 is 19.9 Å². The first-order chi connectivity index (χ1) is 17.1. The summed E-state index contributed by atoms with van der Waals surface area (Å²) in [5, 5.41) is 3.04. The number of rotatable bonds is 11. The molecule has 0 aliphatic rings. The first-order valence-electron chi connectivity index (χ1n) is 11.3. The maximum atomic E-state index is 13.3. The van der Waals surface area contributed by atoms with Crippen LogP contribution in [-0.4, -0.2) is 48.4 Å². The van der Waals surface area contributed by atoms with Gasteiger partial charge in [0, 0.05) is 19.2 Å². The molecule has 0 saturated carbocycles. The van der Waals surface area contributed by atoms with Gasteiger partial charge in [0.1, 0.15) is 10.6 Å². The maximum absolute atomic E-state index is 13.3. The minimum atomic E-state index is -3.86. The van der Waals surface area contributed by atoms with E-state index in [4.69, 9.17) is 15.2 Å². The Balaban J connectivity index is 2.14. The number of nitrogens with zero attached hydrogens (tertiary/aromatic N) is 1. The Bertz CT molecular complexity index is 1420. The predicted molar refractivity (Wildman–Crippen MR) is 141 cm³/mol. The number of nitrogens with two attached hydrogens (primary N) is 1. The van der Waals surface area contributed by atoms with Gasteiger partial charge in [-0.15, -0.1) is 0 Å². The second kappa shape index (κ2) is 11.2. The highest BCUT2D eigenvalue weighted by atomic mass is 32.2. The Labute approximate surface area is 212 Å².